The van der Waals surface area contributed by atoms with Crippen molar-refractivity contribution in [3.05, 3.63) is 17.3 Å². The van der Waals surface area contributed by atoms with E-state index in [-0.39, 0.29) is 18.8 Å². The number of anilines is 1. The van der Waals surface area contributed by atoms with E-state index in [1.54, 1.807) is 17.7 Å². The van der Waals surface area contributed by atoms with Gasteiger partial charge in [-0.1, -0.05) is 0 Å². The van der Waals surface area contributed by atoms with E-state index in [2.05, 4.69) is 20.7 Å². The molecule has 2 unspecified atom stereocenters. The molecule has 0 bridgehead atoms. The molecule has 1 aliphatic rings. The predicted octanol–water partition coefficient (Wildman–Crippen LogP) is 1.95. The van der Waals surface area contributed by atoms with E-state index in [1.807, 2.05) is 7.05 Å². The Hall–Kier alpha value is -1.24. The van der Waals surface area contributed by atoms with E-state index < -0.39 is 0 Å². The van der Waals surface area contributed by atoms with Gasteiger partial charge in [-0.15, -0.1) is 11.3 Å². The highest BCUT2D eigenvalue weighted by molar-refractivity contribution is 7.18. The van der Waals surface area contributed by atoms with Gasteiger partial charge >= 0.3 is 0 Å². The third kappa shape index (κ3) is 1.86. The number of fused-ring (bicyclic) bond motifs is 1. The summed E-state index contributed by atoms with van der Waals surface area (Å²) in [6.07, 6.45) is 3.44. The first kappa shape index (κ1) is 11.8. The fourth-order valence-corrected chi connectivity index (χ4v) is 3.40. The first-order valence-electron chi connectivity index (χ1n) is 5.99. The molecule has 2 aromatic heterocycles. The van der Waals surface area contributed by atoms with Crippen LogP contribution in [0.25, 0.3) is 10.2 Å². The maximum atomic E-state index is 9.12. The number of rotatable bonds is 3. The Morgan fingerprint density at radius 3 is 3.11 bits per heavy atom. The zero-order valence-electron chi connectivity index (χ0n) is 10.1. The van der Waals surface area contributed by atoms with E-state index in [0.29, 0.717) is 0 Å². The molecule has 0 saturated carbocycles. The van der Waals surface area contributed by atoms with Gasteiger partial charge in [0, 0.05) is 12.6 Å². The summed E-state index contributed by atoms with van der Waals surface area (Å²) >= 11 is 1.63. The van der Waals surface area contributed by atoms with Gasteiger partial charge < -0.3 is 15.2 Å². The Morgan fingerprint density at radius 2 is 2.39 bits per heavy atom. The van der Waals surface area contributed by atoms with Gasteiger partial charge in [0.25, 0.3) is 0 Å². The molecule has 5 nitrogen and oxygen atoms in total. The third-order valence-electron chi connectivity index (χ3n) is 3.28. The maximum absolute atomic E-state index is 9.12. The summed E-state index contributed by atoms with van der Waals surface area (Å²) in [5, 5.41) is 14.3. The lowest BCUT2D eigenvalue weighted by Gasteiger charge is -2.11. The average Bonchev–Trinajstić information content (AvgIpc) is 3.03. The molecule has 96 valence electrons. The highest BCUT2D eigenvalue weighted by atomic mass is 32.1. The summed E-state index contributed by atoms with van der Waals surface area (Å²) in [5.41, 5.74) is 2.08. The number of thiophene rings is 1. The molecule has 0 spiro atoms. The minimum atomic E-state index is -0.0319. The van der Waals surface area contributed by atoms with Crippen LogP contribution < -0.4 is 5.32 Å². The molecule has 0 radical (unpaired) electrons. The summed E-state index contributed by atoms with van der Waals surface area (Å²) in [6.45, 7) is 0.0926. The molecule has 1 fully saturated rings. The SMILES string of the molecule is CNc1ncnc2c(C3CCC(CO)O3)csc12. The summed E-state index contributed by atoms with van der Waals surface area (Å²) < 4.78 is 6.87. The summed E-state index contributed by atoms with van der Waals surface area (Å²) in [7, 11) is 1.86. The molecule has 2 N–H and O–H groups in total. The Morgan fingerprint density at radius 1 is 1.50 bits per heavy atom. The Bertz CT molecular complexity index is 557. The standard InChI is InChI=1S/C12H15N3O2S/c1-13-12-11-10(14-6-15-12)8(5-18-11)9-3-2-7(4-16)17-9/h5-7,9,16H,2-4H2,1H3,(H,13,14,15). The number of aliphatic hydroxyl groups excluding tert-OH is 1. The second kappa shape index (κ2) is 4.79. The Labute approximate surface area is 109 Å². The quantitative estimate of drug-likeness (QED) is 0.887. The van der Waals surface area contributed by atoms with Gasteiger partial charge in [-0.2, -0.15) is 0 Å². The number of ether oxygens (including phenoxy) is 1. The fraction of sp³-hybridized carbons (Fsp3) is 0.500. The Kier molecular flexibility index (Phi) is 3.15. The molecule has 0 aliphatic carbocycles. The highest BCUT2D eigenvalue weighted by Gasteiger charge is 2.28. The number of aliphatic hydroxyl groups is 1. The molecular formula is C12H15N3O2S. The van der Waals surface area contributed by atoms with Gasteiger partial charge in [-0.05, 0) is 18.2 Å². The zero-order valence-corrected chi connectivity index (χ0v) is 10.9. The number of nitrogens with zero attached hydrogens (tertiary/aromatic N) is 2. The molecule has 6 heteroatoms. The normalized spacial score (nSPS) is 23.7. The first-order valence-corrected chi connectivity index (χ1v) is 6.87. The smallest absolute Gasteiger partial charge is 0.147 e. The number of aromatic nitrogens is 2. The molecule has 2 atom stereocenters. The minimum Gasteiger partial charge on any atom is -0.394 e. The lowest BCUT2D eigenvalue weighted by atomic mass is 10.1. The van der Waals surface area contributed by atoms with E-state index in [0.717, 1.165) is 34.4 Å². The van der Waals surface area contributed by atoms with Crippen LogP contribution in [-0.2, 0) is 4.74 Å². The summed E-state index contributed by atoms with van der Waals surface area (Å²) in [5.74, 6) is 0.855. The number of hydrogen-bond acceptors (Lipinski definition) is 6. The van der Waals surface area contributed by atoms with Gasteiger partial charge in [-0.3, -0.25) is 0 Å². The van der Waals surface area contributed by atoms with Crippen molar-refractivity contribution < 1.29 is 9.84 Å². The number of hydrogen-bond donors (Lipinski definition) is 2. The van der Waals surface area contributed by atoms with E-state index in [1.165, 1.54) is 0 Å². The van der Waals surface area contributed by atoms with E-state index in [9.17, 15) is 0 Å². The lowest BCUT2D eigenvalue weighted by molar-refractivity contribution is 0.0116. The third-order valence-corrected chi connectivity index (χ3v) is 4.27. The van der Waals surface area contributed by atoms with Crippen molar-refractivity contribution in [3.8, 4) is 0 Å². The average molecular weight is 265 g/mol. The van der Waals surface area contributed by atoms with Crippen LogP contribution in [0, 0.1) is 0 Å². The van der Waals surface area contributed by atoms with Gasteiger partial charge in [0.2, 0.25) is 0 Å². The minimum absolute atomic E-state index is 0.0319. The monoisotopic (exact) mass is 265 g/mol. The first-order chi connectivity index (χ1) is 8.83. The van der Waals surface area contributed by atoms with Crippen molar-refractivity contribution in [2.24, 2.45) is 0 Å². The molecular weight excluding hydrogens is 250 g/mol. The van der Waals surface area contributed by atoms with Gasteiger partial charge in [0.15, 0.2) is 0 Å². The second-order valence-electron chi connectivity index (χ2n) is 4.35. The summed E-state index contributed by atoms with van der Waals surface area (Å²) in [6, 6.07) is 0. The number of nitrogens with one attached hydrogen (secondary N) is 1. The van der Waals surface area contributed by atoms with Crippen LogP contribution in [0.1, 0.15) is 24.5 Å². The van der Waals surface area contributed by atoms with Crippen LogP contribution in [-0.4, -0.2) is 34.8 Å². The topological polar surface area (TPSA) is 67.3 Å². The van der Waals surface area contributed by atoms with E-state index in [4.69, 9.17) is 9.84 Å². The highest BCUT2D eigenvalue weighted by Crippen LogP contribution is 2.39. The molecule has 1 aliphatic heterocycles. The largest absolute Gasteiger partial charge is 0.394 e. The lowest BCUT2D eigenvalue weighted by Crippen LogP contribution is -2.10. The second-order valence-corrected chi connectivity index (χ2v) is 5.23. The molecule has 18 heavy (non-hydrogen) atoms. The Balaban J connectivity index is 1.98. The molecule has 3 heterocycles. The van der Waals surface area contributed by atoms with Crippen LogP contribution in [0.4, 0.5) is 5.82 Å². The van der Waals surface area contributed by atoms with Crippen molar-refractivity contribution in [2.75, 3.05) is 19.0 Å². The molecule has 2 aromatic rings. The van der Waals surface area contributed by atoms with Crippen LogP contribution >= 0.6 is 11.3 Å². The van der Waals surface area contributed by atoms with Gasteiger partial charge in [-0.25, -0.2) is 9.97 Å². The van der Waals surface area contributed by atoms with Crippen LogP contribution in [0.2, 0.25) is 0 Å². The van der Waals surface area contributed by atoms with Crippen molar-refractivity contribution >= 4 is 27.4 Å². The maximum Gasteiger partial charge on any atom is 0.147 e. The predicted molar refractivity (Wildman–Crippen MR) is 70.9 cm³/mol. The molecule has 0 aromatic carbocycles. The van der Waals surface area contributed by atoms with Gasteiger partial charge in [0.1, 0.15) is 12.1 Å². The van der Waals surface area contributed by atoms with Crippen molar-refractivity contribution in [3.63, 3.8) is 0 Å². The van der Waals surface area contributed by atoms with Crippen LogP contribution in [0.5, 0.6) is 0 Å². The fourth-order valence-electron chi connectivity index (χ4n) is 2.34. The van der Waals surface area contributed by atoms with Crippen molar-refractivity contribution in [1.29, 1.82) is 0 Å². The molecule has 1 saturated heterocycles. The molecule has 3 rings (SSSR count). The summed E-state index contributed by atoms with van der Waals surface area (Å²) in [4.78, 5) is 8.57. The van der Waals surface area contributed by atoms with Crippen molar-refractivity contribution in [1.82, 2.24) is 9.97 Å². The van der Waals surface area contributed by atoms with Crippen LogP contribution in [0.15, 0.2) is 11.7 Å². The van der Waals surface area contributed by atoms with Crippen molar-refractivity contribution in [2.45, 2.75) is 25.0 Å². The van der Waals surface area contributed by atoms with Crippen LogP contribution in [0.3, 0.4) is 0 Å². The molecule has 0 amide bonds. The van der Waals surface area contributed by atoms with Gasteiger partial charge in [0.05, 0.1) is 29.0 Å². The van der Waals surface area contributed by atoms with E-state index >= 15 is 0 Å². The zero-order chi connectivity index (χ0) is 12.5.